The monoisotopic (exact) mass is 476 g/mol. The molecule has 0 N–H and O–H groups in total. The van der Waals surface area contributed by atoms with Crippen LogP contribution in [0.4, 0.5) is 8.78 Å². The molecule has 0 spiro atoms. The number of carbonyl (C=O) groups is 1. The molecular formula is C29H30F2N2O2. The number of fused-ring (bicyclic) bond motifs is 1. The van der Waals surface area contributed by atoms with Crippen LogP contribution in [0.2, 0.25) is 0 Å². The average molecular weight is 477 g/mol. The Balaban J connectivity index is 1.79. The Morgan fingerprint density at radius 1 is 1.00 bits per heavy atom. The number of aromatic nitrogens is 2. The Morgan fingerprint density at radius 2 is 1.80 bits per heavy atom. The van der Waals surface area contributed by atoms with Crippen molar-refractivity contribution in [1.82, 2.24) is 9.55 Å². The first-order chi connectivity index (χ1) is 16.7. The number of nitrogens with zero attached hydrogens (tertiary/aromatic N) is 2. The SMILES string of the molecule is CC(C)Oc1ccc2c(C(=O)CCc3ccc(F)c(F)c3)c(C(C)C)n(Cc3cccnc3)c2c1. The van der Waals surface area contributed by atoms with Gasteiger partial charge in [0.1, 0.15) is 5.75 Å². The van der Waals surface area contributed by atoms with Crippen LogP contribution in [0.1, 0.15) is 67.2 Å². The first-order valence-electron chi connectivity index (χ1n) is 11.9. The maximum Gasteiger partial charge on any atom is 0.165 e. The summed E-state index contributed by atoms with van der Waals surface area (Å²) in [6.07, 6.45) is 4.12. The molecule has 0 aliphatic heterocycles. The lowest BCUT2D eigenvalue weighted by atomic mass is 9.96. The number of hydrogen-bond acceptors (Lipinski definition) is 3. The van der Waals surface area contributed by atoms with Crippen molar-refractivity contribution >= 4 is 16.7 Å². The third-order valence-corrected chi connectivity index (χ3v) is 5.96. The number of Topliss-reactive ketones (excluding diaryl/α,β-unsaturated/α-hetero) is 1. The molecule has 0 saturated heterocycles. The van der Waals surface area contributed by atoms with E-state index in [4.69, 9.17) is 4.74 Å². The van der Waals surface area contributed by atoms with Crippen molar-refractivity contribution < 1.29 is 18.3 Å². The minimum Gasteiger partial charge on any atom is -0.491 e. The summed E-state index contributed by atoms with van der Waals surface area (Å²) in [6, 6.07) is 13.5. The summed E-state index contributed by atoms with van der Waals surface area (Å²) in [7, 11) is 0. The topological polar surface area (TPSA) is 44.1 Å². The van der Waals surface area contributed by atoms with Crippen LogP contribution in [0.15, 0.2) is 60.9 Å². The van der Waals surface area contributed by atoms with Gasteiger partial charge in [-0.2, -0.15) is 0 Å². The smallest absolute Gasteiger partial charge is 0.165 e. The molecule has 4 aromatic rings. The Bertz CT molecular complexity index is 1340. The summed E-state index contributed by atoms with van der Waals surface area (Å²) < 4.78 is 35.1. The van der Waals surface area contributed by atoms with Gasteiger partial charge in [-0.25, -0.2) is 8.78 Å². The summed E-state index contributed by atoms with van der Waals surface area (Å²) in [5, 5.41) is 0.865. The Morgan fingerprint density at radius 3 is 2.46 bits per heavy atom. The fraction of sp³-hybridized carbons (Fsp3) is 0.310. The van der Waals surface area contributed by atoms with Gasteiger partial charge in [-0.1, -0.05) is 26.0 Å². The third-order valence-electron chi connectivity index (χ3n) is 5.96. The normalized spacial score (nSPS) is 11.5. The molecule has 2 heterocycles. The van der Waals surface area contributed by atoms with Crippen molar-refractivity contribution in [2.24, 2.45) is 0 Å². The molecule has 2 aromatic heterocycles. The molecule has 0 aliphatic rings. The summed E-state index contributed by atoms with van der Waals surface area (Å²) in [5.41, 5.74) is 4.17. The molecule has 4 nitrogen and oxygen atoms in total. The van der Waals surface area contributed by atoms with E-state index >= 15 is 0 Å². The Labute approximate surface area is 204 Å². The van der Waals surface area contributed by atoms with E-state index in [2.05, 4.69) is 23.4 Å². The Kier molecular flexibility index (Phi) is 7.29. The van der Waals surface area contributed by atoms with Gasteiger partial charge in [0.25, 0.3) is 0 Å². The van der Waals surface area contributed by atoms with Crippen LogP contribution in [0.3, 0.4) is 0 Å². The molecule has 182 valence electrons. The molecule has 0 bridgehead atoms. The number of ketones is 1. The van der Waals surface area contributed by atoms with E-state index < -0.39 is 11.6 Å². The number of ether oxygens (including phenoxy) is 1. The molecule has 4 rings (SSSR count). The average Bonchev–Trinajstić information content (AvgIpc) is 3.13. The van der Waals surface area contributed by atoms with Crippen molar-refractivity contribution in [3.63, 3.8) is 0 Å². The zero-order chi connectivity index (χ0) is 25.1. The highest BCUT2D eigenvalue weighted by molar-refractivity contribution is 6.10. The predicted molar refractivity (Wildman–Crippen MR) is 134 cm³/mol. The van der Waals surface area contributed by atoms with Crippen molar-refractivity contribution in [2.45, 2.75) is 59.1 Å². The number of aryl methyl sites for hydroxylation is 1. The van der Waals surface area contributed by atoms with Crippen LogP contribution in [0, 0.1) is 11.6 Å². The number of benzene rings is 2. The van der Waals surface area contributed by atoms with E-state index in [0.29, 0.717) is 24.1 Å². The standard InChI is InChI=1S/C29H30F2N2O2/c1-18(2)29-28(27(34)12-8-20-7-11-24(30)25(31)14-20)23-10-9-22(35-19(3)4)15-26(23)33(29)17-21-6-5-13-32-16-21/h5-7,9-11,13-16,18-19H,8,12,17H2,1-4H3. The van der Waals surface area contributed by atoms with Gasteiger partial charge in [0.05, 0.1) is 11.6 Å². The van der Waals surface area contributed by atoms with Crippen molar-refractivity contribution in [3.05, 3.63) is 94.9 Å². The number of hydrogen-bond donors (Lipinski definition) is 0. The van der Waals surface area contributed by atoms with Gasteiger partial charge in [-0.3, -0.25) is 9.78 Å². The van der Waals surface area contributed by atoms with Crippen LogP contribution in [-0.4, -0.2) is 21.4 Å². The van der Waals surface area contributed by atoms with Gasteiger partial charge in [0.2, 0.25) is 0 Å². The number of halogens is 2. The van der Waals surface area contributed by atoms with Crippen LogP contribution in [0.5, 0.6) is 5.75 Å². The summed E-state index contributed by atoms with van der Waals surface area (Å²) in [6.45, 7) is 8.67. The first kappa shape index (κ1) is 24.6. The van der Waals surface area contributed by atoms with Crippen LogP contribution in [0.25, 0.3) is 10.9 Å². The van der Waals surface area contributed by atoms with Gasteiger partial charge < -0.3 is 9.30 Å². The van der Waals surface area contributed by atoms with E-state index in [1.54, 1.807) is 6.20 Å². The second kappa shape index (κ2) is 10.4. The minimum absolute atomic E-state index is 0.0223. The highest BCUT2D eigenvalue weighted by atomic mass is 19.2. The number of carbonyl (C=O) groups excluding carboxylic acids is 1. The molecule has 0 unspecified atom stereocenters. The van der Waals surface area contributed by atoms with Crippen LogP contribution in [-0.2, 0) is 13.0 Å². The van der Waals surface area contributed by atoms with E-state index in [1.807, 2.05) is 50.4 Å². The van der Waals surface area contributed by atoms with Crippen LogP contribution < -0.4 is 4.74 Å². The molecular weight excluding hydrogens is 446 g/mol. The fourth-order valence-electron chi connectivity index (χ4n) is 4.51. The molecule has 0 radical (unpaired) electrons. The quantitative estimate of drug-likeness (QED) is 0.242. The summed E-state index contributed by atoms with van der Waals surface area (Å²) in [5.74, 6) is -0.987. The van der Waals surface area contributed by atoms with Crippen molar-refractivity contribution in [1.29, 1.82) is 0 Å². The second-order valence-corrected chi connectivity index (χ2v) is 9.38. The molecule has 35 heavy (non-hydrogen) atoms. The molecule has 6 heteroatoms. The minimum atomic E-state index is -0.899. The molecule has 0 aliphatic carbocycles. The number of pyridine rings is 1. The maximum atomic E-state index is 13.7. The van der Waals surface area contributed by atoms with E-state index in [1.165, 1.54) is 6.07 Å². The van der Waals surface area contributed by atoms with Gasteiger partial charge >= 0.3 is 0 Å². The van der Waals surface area contributed by atoms with E-state index in [9.17, 15) is 13.6 Å². The lowest BCUT2D eigenvalue weighted by molar-refractivity contribution is 0.0982. The largest absolute Gasteiger partial charge is 0.491 e. The fourth-order valence-corrected chi connectivity index (χ4v) is 4.51. The third kappa shape index (κ3) is 5.42. The summed E-state index contributed by atoms with van der Waals surface area (Å²) >= 11 is 0. The highest BCUT2D eigenvalue weighted by Gasteiger charge is 2.25. The zero-order valence-corrected chi connectivity index (χ0v) is 20.5. The first-order valence-corrected chi connectivity index (χ1v) is 11.9. The lowest BCUT2D eigenvalue weighted by Gasteiger charge is -2.15. The molecule has 0 atom stereocenters. The molecule has 2 aromatic carbocycles. The predicted octanol–water partition coefficient (Wildman–Crippen LogP) is 7.09. The Hall–Kier alpha value is -3.54. The number of rotatable bonds is 9. The maximum absolute atomic E-state index is 13.7. The van der Waals surface area contributed by atoms with Crippen molar-refractivity contribution in [2.75, 3.05) is 0 Å². The van der Waals surface area contributed by atoms with Crippen molar-refractivity contribution in [3.8, 4) is 5.75 Å². The van der Waals surface area contributed by atoms with Gasteiger partial charge in [-0.15, -0.1) is 0 Å². The molecule has 0 fully saturated rings. The van der Waals surface area contributed by atoms with Gasteiger partial charge in [0, 0.05) is 48.1 Å². The van der Waals surface area contributed by atoms with E-state index in [0.717, 1.165) is 40.0 Å². The lowest BCUT2D eigenvalue weighted by Crippen LogP contribution is -2.11. The molecule has 0 amide bonds. The summed E-state index contributed by atoms with van der Waals surface area (Å²) in [4.78, 5) is 17.9. The van der Waals surface area contributed by atoms with Gasteiger partial charge in [0.15, 0.2) is 17.4 Å². The zero-order valence-electron chi connectivity index (χ0n) is 20.5. The highest BCUT2D eigenvalue weighted by Crippen LogP contribution is 2.35. The molecule has 0 saturated carbocycles. The van der Waals surface area contributed by atoms with E-state index in [-0.39, 0.29) is 24.2 Å². The van der Waals surface area contributed by atoms with Crippen LogP contribution >= 0.6 is 0 Å². The second-order valence-electron chi connectivity index (χ2n) is 9.38. The van der Waals surface area contributed by atoms with Gasteiger partial charge in [-0.05, 0) is 67.6 Å².